The Balaban J connectivity index is 3.98. The lowest BCUT2D eigenvalue weighted by Gasteiger charge is -2.20. The van der Waals surface area contributed by atoms with Gasteiger partial charge in [0.15, 0.2) is 8.03 Å². The van der Waals surface area contributed by atoms with E-state index in [1.807, 2.05) is 0 Å². The summed E-state index contributed by atoms with van der Waals surface area (Å²) in [5.74, 6) is 0. The first kappa shape index (κ1) is 17.5. The predicted octanol–water partition coefficient (Wildman–Crippen LogP) is 0.236. The van der Waals surface area contributed by atoms with Crippen LogP contribution in [0.3, 0.4) is 0 Å². The molecular formula is C10H22NO6P. The lowest BCUT2D eigenvalue weighted by atomic mass is 10.1. The van der Waals surface area contributed by atoms with Crippen LogP contribution in [0.2, 0.25) is 0 Å². The normalized spacial score (nSPS) is 17.8. The average Bonchev–Trinajstić information content (AvgIpc) is 2.28. The number of carbonyl (C=O) groups excluding carboxylic acids is 1. The Morgan fingerprint density at radius 3 is 2.44 bits per heavy atom. The number of amides is 1. The quantitative estimate of drug-likeness (QED) is 0.229. The van der Waals surface area contributed by atoms with Crippen molar-refractivity contribution < 1.29 is 29.3 Å². The highest BCUT2D eigenvalue weighted by Gasteiger charge is 2.19. The molecule has 0 fully saturated rings. The summed E-state index contributed by atoms with van der Waals surface area (Å²) in [4.78, 5) is 10.1. The van der Waals surface area contributed by atoms with E-state index in [0.717, 1.165) is 0 Å². The van der Waals surface area contributed by atoms with Gasteiger partial charge in [0.1, 0.15) is 0 Å². The molecule has 0 aliphatic rings. The van der Waals surface area contributed by atoms with Crippen LogP contribution in [-0.2, 0) is 13.9 Å². The standard InChI is InChI=1S/C10H22NO6P/c1-3-17-18(16)8(2)4-9(13)5-10(14)6-11(15)7-12/h7-10,13-15,18H,3-6H2,1-2H3/t8?,9-,10-/m1/s1. The van der Waals surface area contributed by atoms with Crippen LogP contribution >= 0.6 is 8.03 Å². The van der Waals surface area contributed by atoms with Crippen molar-refractivity contribution in [2.45, 2.75) is 44.6 Å². The summed E-state index contributed by atoms with van der Waals surface area (Å²) in [6, 6.07) is 0. The molecule has 0 aromatic carbocycles. The lowest BCUT2D eigenvalue weighted by molar-refractivity contribution is -0.156. The number of hydroxylamine groups is 2. The van der Waals surface area contributed by atoms with Crippen molar-refractivity contribution in [3.05, 3.63) is 0 Å². The van der Waals surface area contributed by atoms with Gasteiger partial charge in [-0.1, -0.05) is 6.92 Å². The highest BCUT2D eigenvalue weighted by Crippen LogP contribution is 2.32. The van der Waals surface area contributed by atoms with E-state index >= 15 is 0 Å². The summed E-state index contributed by atoms with van der Waals surface area (Å²) in [5.41, 5.74) is -0.284. The minimum Gasteiger partial charge on any atom is -0.393 e. The van der Waals surface area contributed by atoms with E-state index in [0.29, 0.717) is 11.7 Å². The van der Waals surface area contributed by atoms with Gasteiger partial charge in [0, 0.05) is 12.1 Å². The van der Waals surface area contributed by atoms with Crippen LogP contribution in [0, 0.1) is 0 Å². The maximum atomic E-state index is 11.5. The van der Waals surface area contributed by atoms with Crippen LogP contribution in [0.15, 0.2) is 0 Å². The maximum Gasteiger partial charge on any atom is 0.233 e. The second-order valence-electron chi connectivity index (χ2n) is 4.16. The molecule has 0 saturated carbocycles. The third-order valence-electron chi connectivity index (χ3n) is 2.38. The summed E-state index contributed by atoms with van der Waals surface area (Å²) in [7, 11) is -2.18. The van der Waals surface area contributed by atoms with Gasteiger partial charge < -0.3 is 14.7 Å². The van der Waals surface area contributed by atoms with Gasteiger partial charge in [-0.05, 0) is 13.3 Å². The average molecular weight is 283 g/mol. The summed E-state index contributed by atoms with van der Waals surface area (Å²) in [6.07, 6.45) is -1.48. The molecule has 0 aliphatic heterocycles. The molecule has 1 amide bonds. The second-order valence-corrected chi connectivity index (χ2v) is 6.07. The van der Waals surface area contributed by atoms with Gasteiger partial charge in [0.2, 0.25) is 6.41 Å². The van der Waals surface area contributed by atoms with Crippen LogP contribution in [0.1, 0.15) is 26.7 Å². The van der Waals surface area contributed by atoms with E-state index in [2.05, 4.69) is 0 Å². The van der Waals surface area contributed by atoms with Crippen molar-refractivity contribution in [2.24, 2.45) is 0 Å². The van der Waals surface area contributed by atoms with Crippen LogP contribution in [0.4, 0.5) is 0 Å². The van der Waals surface area contributed by atoms with Gasteiger partial charge in [-0.2, -0.15) is 0 Å². The smallest absolute Gasteiger partial charge is 0.233 e. The highest BCUT2D eigenvalue weighted by molar-refractivity contribution is 7.40. The number of hydrogen-bond donors (Lipinski definition) is 3. The van der Waals surface area contributed by atoms with E-state index in [9.17, 15) is 19.6 Å². The fourth-order valence-corrected chi connectivity index (χ4v) is 2.57. The van der Waals surface area contributed by atoms with Gasteiger partial charge in [0.25, 0.3) is 0 Å². The molecule has 7 nitrogen and oxygen atoms in total. The van der Waals surface area contributed by atoms with Gasteiger partial charge in [0.05, 0.1) is 25.4 Å². The molecule has 4 atom stereocenters. The molecule has 18 heavy (non-hydrogen) atoms. The van der Waals surface area contributed by atoms with Crippen molar-refractivity contribution in [3.8, 4) is 0 Å². The van der Waals surface area contributed by atoms with Crippen molar-refractivity contribution in [3.63, 3.8) is 0 Å². The summed E-state index contributed by atoms with van der Waals surface area (Å²) >= 11 is 0. The van der Waals surface area contributed by atoms with Crippen molar-refractivity contribution >= 4 is 14.4 Å². The molecule has 0 bridgehead atoms. The molecule has 2 unspecified atom stereocenters. The molecule has 0 radical (unpaired) electrons. The molecule has 8 heteroatoms. The predicted molar refractivity (Wildman–Crippen MR) is 65.9 cm³/mol. The topological polar surface area (TPSA) is 107 Å². The lowest BCUT2D eigenvalue weighted by Crippen LogP contribution is -2.31. The van der Waals surface area contributed by atoms with E-state index in [1.165, 1.54) is 0 Å². The molecule has 0 aromatic heterocycles. The minimum absolute atomic E-state index is 0.00346. The highest BCUT2D eigenvalue weighted by atomic mass is 31.1. The first-order valence-corrected chi connectivity index (χ1v) is 7.23. The zero-order valence-electron chi connectivity index (χ0n) is 10.7. The van der Waals surface area contributed by atoms with E-state index in [-0.39, 0.29) is 31.5 Å². The summed E-state index contributed by atoms with van der Waals surface area (Å²) < 4.78 is 16.5. The fraction of sp³-hybridized carbons (Fsp3) is 0.900. The molecule has 0 spiro atoms. The molecule has 108 valence electrons. The Bertz CT molecular complexity index is 265. The number of aliphatic hydroxyl groups excluding tert-OH is 2. The third-order valence-corrected chi connectivity index (χ3v) is 3.99. The molecule has 0 aromatic rings. The van der Waals surface area contributed by atoms with Crippen LogP contribution in [-0.4, -0.2) is 57.9 Å². The van der Waals surface area contributed by atoms with Gasteiger partial charge in [-0.15, -0.1) is 0 Å². The first-order chi connectivity index (χ1) is 8.40. The summed E-state index contributed by atoms with van der Waals surface area (Å²) in [6.45, 7) is 3.54. The van der Waals surface area contributed by atoms with Crippen LogP contribution < -0.4 is 0 Å². The maximum absolute atomic E-state index is 11.5. The zero-order chi connectivity index (χ0) is 14.1. The number of hydrogen-bond acceptors (Lipinski definition) is 6. The van der Waals surface area contributed by atoms with E-state index in [1.54, 1.807) is 13.8 Å². The Labute approximate surface area is 107 Å². The number of carbonyl (C=O) groups is 1. The Morgan fingerprint density at radius 1 is 1.33 bits per heavy atom. The first-order valence-electron chi connectivity index (χ1n) is 5.84. The Kier molecular flexibility index (Phi) is 9.23. The van der Waals surface area contributed by atoms with Gasteiger partial charge in [-0.3, -0.25) is 14.6 Å². The van der Waals surface area contributed by atoms with E-state index < -0.39 is 20.2 Å². The number of rotatable bonds is 10. The molecule has 3 N–H and O–H groups in total. The molecule has 0 heterocycles. The SMILES string of the molecule is CCO[PH](=O)C(C)C[C@@H](O)C[C@@H](O)CN(O)C=O. The second kappa shape index (κ2) is 9.47. The number of nitrogens with zero attached hydrogens (tertiary/aromatic N) is 1. The Morgan fingerprint density at radius 2 is 1.94 bits per heavy atom. The number of aliphatic hydroxyl groups is 2. The largest absolute Gasteiger partial charge is 0.393 e. The molecule has 0 aliphatic carbocycles. The van der Waals surface area contributed by atoms with Crippen molar-refractivity contribution in [1.82, 2.24) is 5.06 Å². The van der Waals surface area contributed by atoms with Crippen molar-refractivity contribution in [2.75, 3.05) is 13.2 Å². The third kappa shape index (κ3) is 7.79. The van der Waals surface area contributed by atoms with Crippen LogP contribution in [0.5, 0.6) is 0 Å². The van der Waals surface area contributed by atoms with Crippen LogP contribution in [0.25, 0.3) is 0 Å². The molecule has 0 saturated heterocycles. The Hall–Kier alpha value is -0.460. The summed E-state index contributed by atoms with van der Waals surface area (Å²) in [5, 5.41) is 28.3. The van der Waals surface area contributed by atoms with Crippen molar-refractivity contribution in [1.29, 1.82) is 0 Å². The zero-order valence-corrected chi connectivity index (χ0v) is 11.7. The van der Waals surface area contributed by atoms with E-state index in [4.69, 9.17) is 9.73 Å². The van der Waals surface area contributed by atoms with Gasteiger partial charge >= 0.3 is 0 Å². The minimum atomic E-state index is -2.18. The monoisotopic (exact) mass is 283 g/mol. The molecule has 0 rings (SSSR count). The molecular weight excluding hydrogens is 261 g/mol. The fourth-order valence-electron chi connectivity index (χ4n) is 1.53. The van der Waals surface area contributed by atoms with Gasteiger partial charge in [-0.25, -0.2) is 5.06 Å².